The van der Waals surface area contributed by atoms with Crippen LogP contribution in [0.15, 0.2) is 18.2 Å². The maximum Gasteiger partial charge on any atom is 0.0468 e. The third kappa shape index (κ3) is 4.60. The number of ether oxygens (including phenoxy) is 1. The van der Waals surface area contributed by atoms with Gasteiger partial charge in [0.25, 0.3) is 0 Å². The maximum absolute atomic E-state index is 5.73. The van der Waals surface area contributed by atoms with Gasteiger partial charge in [-0.15, -0.1) is 0 Å². The number of hydrogen-bond acceptors (Lipinski definition) is 3. The summed E-state index contributed by atoms with van der Waals surface area (Å²) in [5, 5.41) is 0. The van der Waals surface area contributed by atoms with E-state index in [0.29, 0.717) is 6.04 Å². The van der Waals surface area contributed by atoms with Crippen LogP contribution in [0.5, 0.6) is 0 Å². The number of hydrogen-bond donors (Lipinski definition) is 2. The van der Waals surface area contributed by atoms with Crippen molar-refractivity contribution < 1.29 is 4.74 Å². The van der Waals surface area contributed by atoms with Crippen LogP contribution >= 0.6 is 0 Å². The Balaban J connectivity index is 1.93. The fourth-order valence-corrected chi connectivity index (χ4v) is 3.07. The Morgan fingerprint density at radius 1 is 1.21 bits per heavy atom. The molecule has 0 saturated carbocycles. The van der Waals surface area contributed by atoms with E-state index in [1.165, 1.54) is 29.5 Å². The number of aryl methyl sites for hydroxylation is 2. The molecule has 0 radical (unpaired) electrons. The van der Waals surface area contributed by atoms with Gasteiger partial charge in [0.15, 0.2) is 0 Å². The molecular weight excluding hydrogens is 236 g/mol. The van der Waals surface area contributed by atoms with Crippen molar-refractivity contribution in [1.29, 1.82) is 0 Å². The molecule has 0 aromatic heterocycles. The summed E-state index contributed by atoms with van der Waals surface area (Å²) in [6.45, 7) is 6.12. The zero-order valence-electron chi connectivity index (χ0n) is 12.1. The highest BCUT2D eigenvalue weighted by molar-refractivity contribution is 5.29. The van der Waals surface area contributed by atoms with Crippen LogP contribution in [-0.2, 0) is 11.2 Å². The Kier molecular flexibility index (Phi) is 5.37. The smallest absolute Gasteiger partial charge is 0.0468 e. The summed E-state index contributed by atoms with van der Waals surface area (Å²) in [7, 11) is 0. The largest absolute Gasteiger partial charge is 0.381 e. The molecule has 3 N–H and O–H groups in total. The van der Waals surface area contributed by atoms with Gasteiger partial charge in [0.1, 0.15) is 0 Å². The monoisotopic (exact) mass is 262 g/mol. The third-order valence-electron chi connectivity index (χ3n) is 3.96. The van der Waals surface area contributed by atoms with Crippen LogP contribution < -0.4 is 11.3 Å². The quantitative estimate of drug-likeness (QED) is 0.633. The van der Waals surface area contributed by atoms with Gasteiger partial charge in [-0.3, -0.25) is 11.3 Å². The molecule has 1 unspecified atom stereocenters. The Labute approximate surface area is 116 Å². The minimum absolute atomic E-state index is 0.365. The predicted octanol–water partition coefficient (Wildman–Crippen LogP) is 2.49. The number of nitrogens with one attached hydrogen (secondary N) is 1. The first-order valence-corrected chi connectivity index (χ1v) is 7.28. The molecular formula is C16H26N2O. The maximum atomic E-state index is 5.73. The number of benzene rings is 1. The molecule has 106 valence electrons. The van der Waals surface area contributed by atoms with Crippen LogP contribution in [0.1, 0.15) is 36.0 Å². The summed E-state index contributed by atoms with van der Waals surface area (Å²) >= 11 is 0. The zero-order chi connectivity index (χ0) is 13.7. The van der Waals surface area contributed by atoms with Crippen LogP contribution in [-0.4, -0.2) is 19.3 Å². The number of hydrazine groups is 1. The van der Waals surface area contributed by atoms with E-state index < -0.39 is 0 Å². The third-order valence-corrected chi connectivity index (χ3v) is 3.96. The topological polar surface area (TPSA) is 47.3 Å². The Morgan fingerprint density at radius 3 is 2.42 bits per heavy atom. The Morgan fingerprint density at radius 2 is 1.84 bits per heavy atom. The van der Waals surface area contributed by atoms with E-state index >= 15 is 0 Å². The van der Waals surface area contributed by atoms with Crippen molar-refractivity contribution in [3.05, 3.63) is 34.9 Å². The fraction of sp³-hybridized carbons (Fsp3) is 0.625. The van der Waals surface area contributed by atoms with Gasteiger partial charge < -0.3 is 4.74 Å². The van der Waals surface area contributed by atoms with E-state index in [1.807, 2.05) is 0 Å². The molecule has 1 saturated heterocycles. The summed E-state index contributed by atoms with van der Waals surface area (Å²) in [4.78, 5) is 0. The molecule has 1 aliphatic rings. The SMILES string of the molecule is Cc1cc(C)cc(CC(CC2CCOCC2)NN)c1. The number of rotatable bonds is 5. The highest BCUT2D eigenvalue weighted by Gasteiger charge is 2.19. The molecule has 1 aromatic carbocycles. The van der Waals surface area contributed by atoms with Gasteiger partial charge in [-0.25, -0.2) is 0 Å². The lowest BCUT2D eigenvalue weighted by Crippen LogP contribution is -2.39. The minimum Gasteiger partial charge on any atom is -0.381 e. The Bertz CT molecular complexity index is 379. The van der Waals surface area contributed by atoms with Crippen molar-refractivity contribution in [2.45, 2.75) is 45.6 Å². The van der Waals surface area contributed by atoms with Crippen molar-refractivity contribution in [3.63, 3.8) is 0 Å². The first kappa shape index (κ1) is 14.5. The summed E-state index contributed by atoms with van der Waals surface area (Å²) in [5.41, 5.74) is 7.04. The van der Waals surface area contributed by atoms with E-state index in [4.69, 9.17) is 10.6 Å². The predicted molar refractivity (Wildman–Crippen MR) is 78.9 cm³/mol. The molecule has 1 fully saturated rings. The molecule has 1 aliphatic heterocycles. The van der Waals surface area contributed by atoms with Gasteiger partial charge in [-0.2, -0.15) is 0 Å². The summed E-state index contributed by atoms with van der Waals surface area (Å²) in [6.07, 6.45) is 4.50. The lowest BCUT2D eigenvalue weighted by atomic mass is 9.89. The lowest BCUT2D eigenvalue weighted by molar-refractivity contribution is 0.0605. The second-order valence-electron chi connectivity index (χ2n) is 5.86. The van der Waals surface area contributed by atoms with E-state index in [9.17, 15) is 0 Å². The van der Waals surface area contributed by atoms with Crippen LogP contribution in [0.2, 0.25) is 0 Å². The first-order valence-electron chi connectivity index (χ1n) is 7.28. The molecule has 1 aromatic rings. The van der Waals surface area contributed by atoms with Gasteiger partial charge in [0.2, 0.25) is 0 Å². The summed E-state index contributed by atoms with van der Waals surface area (Å²) < 4.78 is 5.41. The molecule has 0 spiro atoms. The second-order valence-corrected chi connectivity index (χ2v) is 5.86. The van der Waals surface area contributed by atoms with E-state index in [2.05, 4.69) is 37.5 Å². The molecule has 2 rings (SSSR count). The molecule has 0 amide bonds. The van der Waals surface area contributed by atoms with Crippen molar-refractivity contribution in [1.82, 2.24) is 5.43 Å². The lowest BCUT2D eigenvalue weighted by Gasteiger charge is -2.26. The molecule has 0 aliphatic carbocycles. The van der Waals surface area contributed by atoms with Crippen LogP contribution in [0, 0.1) is 19.8 Å². The van der Waals surface area contributed by atoms with Crippen LogP contribution in [0.25, 0.3) is 0 Å². The molecule has 1 heterocycles. The minimum atomic E-state index is 0.365. The van der Waals surface area contributed by atoms with Gasteiger partial charge in [-0.1, -0.05) is 29.3 Å². The average molecular weight is 262 g/mol. The first-order chi connectivity index (χ1) is 9.17. The molecule has 3 heteroatoms. The zero-order valence-corrected chi connectivity index (χ0v) is 12.1. The van der Waals surface area contributed by atoms with Gasteiger partial charge >= 0.3 is 0 Å². The second kappa shape index (κ2) is 7.04. The van der Waals surface area contributed by atoms with Gasteiger partial charge in [-0.05, 0) is 51.0 Å². The summed E-state index contributed by atoms with van der Waals surface area (Å²) in [6, 6.07) is 7.11. The summed E-state index contributed by atoms with van der Waals surface area (Å²) in [5.74, 6) is 6.48. The molecule has 19 heavy (non-hydrogen) atoms. The van der Waals surface area contributed by atoms with E-state index in [0.717, 1.165) is 32.0 Å². The number of nitrogens with two attached hydrogens (primary N) is 1. The molecule has 0 bridgehead atoms. The van der Waals surface area contributed by atoms with Gasteiger partial charge in [0.05, 0.1) is 0 Å². The highest BCUT2D eigenvalue weighted by atomic mass is 16.5. The Hall–Kier alpha value is -0.900. The standard InChI is InChI=1S/C16H26N2O/c1-12-7-13(2)9-15(8-12)11-16(18-17)10-14-3-5-19-6-4-14/h7-9,14,16,18H,3-6,10-11,17H2,1-2H3. The van der Waals surface area contributed by atoms with Crippen molar-refractivity contribution in [3.8, 4) is 0 Å². The van der Waals surface area contributed by atoms with E-state index in [1.54, 1.807) is 0 Å². The molecule has 1 atom stereocenters. The molecule has 3 nitrogen and oxygen atoms in total. The van der Waals surface area contributed by atoms with E-state index in [-0.39, 0.29) is 0 Å². The normalized spacial score (nSPS) is 18.5. The van der Waals surface area contributed by atoms with Crippen LogP contribution in [0.3, 0.4) is 0 Å². The average Bonchev–Trinajstić information content (AvgIpc) is 2.38. The van der Waals surface area contributed by atoms with Crippen LogP contribution in [0.4, 0.5) is 0 Å². The van der Waals surface area contributed by atoms with Gasteiger partial charge in [0, 0.05) is 19.3 Å². The van der Waals surface area contributed by atoms with Crippen molar-refractivity contribution in [2.75, 3.05) is 13.2 Å². The highest BCUT2D eigenvalue weighted by Crippen LogP contribution is 2.22. The van der Waals surface area contributed by atoms with Crippen molar-refractivity contribution >= 4 is 0 Å². The fourth-order valence-electron chi connectivity index (χ4n) is 3.07. The van der Waals surface area contributed by atoms with Crippen molar-refractivity contribution in [2.24, 2.45) is 11.8 Å².